The first kappa shape index (κ1) is 27.5. The van der Waals surface area contributed by atoms with Crippen molar-refractivity contribution in [2.45, 2.75) is 49.2 Å². The predicted octanol–water partition coefficient (Wildman–Crippen LogP) is 3.91. The molecule has 0 atom stereocenters. The monoisotopic (exact) mass is 556 g/mol. The van der Waals surface area contributed by atoms with Crippen molar-refractivity contribution in [2.24, 2.45) is 5.92 Å². The fraction of sp³-hybridized carbons (Fsp3) is 0.259. The summed E-state index contributed by atoms with van der Waals surface area (Å²) >= 11 is 0. The van der Waals surface area contributed by atoms with Crippen molar-refractivity contribution in [3.8, 4) is 0 Å². The molecule has 1 fully saturated rings. The van der Waals surface area contributed by atoms with Crippen LogP contribution in [0.15, 0.2) is 88.7 Å². The quantitative estimate of drug-likeness (QED) is 0.446. The van der Waals surface area contributed by atoms with Crippen LogP contribution in [-0.2, 0) is 36.2 Å². The fourth-order valence-electron chi connectivity index (χ4n) is 3.93. The van der Waals surface area contributed by atoms with E-state index in [4.69, 9.17) is 4.74 Å². The number of hydrogen-bond acceptors (Lipinski definition) is 7. The molecule has 0 aliphatic heterocycles. The molecule has 4 rings (SSSR count). The molecule has 11 heteroatoms. The molecule has 3 aromatic rings. The third-order valence-corrected chi connectivity index (χ3v) is 9.30. The first-order valence-electron chi connectivity index (χ1n) is 11.9. The van der Waals surface area contributed by atoms with E-state index in [-0.39, 0.29) is 33.0 Å². The number of urea groups is 1. The second kappa shape index (κ2) is 11.1. The van der Waals surface area contributed by atoms with Gasteiger partial charge in [0.15, 0.2) is 0 Å². The van der Waals surface area contributed by atoms with Crippen molar-refractivity contribution >= 4 is 32.0 Å². The van der Waals surface area contributed by atoms with E-state index in [1.165, 1.54) is 48.5 Å². The van der Waals surface area contributed by atoms with E-state index in [1.807, 2.05) is 30.3 Å². The van der Waals surface area contributed by atoms with Crippen molar-refractivity contribution in [2.75, 3.05) is 0 Å². The second-order valence-electron chi connectivity index (χ2n) is 9.23. The fourth-order valence-corrected chi connectivity index (χ4v) is 6.27. The molecule has 0 radical (unpaired) electrons. The molecule has 0 heterocycles. The van der Waals surface area contributed by atoms with Crippen LogP contribution in [0, 0.1) is 19.8 Å². The number of carbonyl (C=O) groups is 2. The first-order chi connectivity index (χ1) is 18.0. The molecular formula is C27H28N2O7S2. The number of amides is 3. The number of nitrogens with zero attached hydrogens (tertiary/aromatic N) is 1. The highest BCUT2D eigenvalue weighted by molar-refractivity contribution is 7.91. The van der Waals surface area contributed by atoms with E-state index >= 15 is 0 Å². The molecule has 1 N–H and O–H groups in total. The third kappa shape index (κ3) is 6.12. The van der Waals surface area contributed by atoms with Gasteiger partial charge < -0.3 is 4.74 Å². The summed E-state index contributed by atoms with van der Waals surface area (Å²) in [5, 5.41) is 0. The summed E-state index contributed by atoms with van der Waals surface area (Å²) in [6.45, 7) is 3.84. The van der Waals surface area contributed by atoms with Gasteiger partial charge in [0.05, 0.1) is 22.5 Å². The van der Waals surface area contributed by atoms with Crippen LogP contribution in [0.2, 0.25) is 0 Å². The lowest BCUT2D eigenvalue weighted by Gasteiger charge is -2.36. The van der Waals surface area contributed by atoms with Crippen LogP contribution >= 0.6 is 0 Å². The van der Waals surface area contributed by atoms with Crippen molar-refractivity contribution in [3.63, 3.8) is 0 Å². The number of sulfonamides is 2. The van der Waals surface area contributed by atoms with Gasteiger partial charge in [-0.3, -0.25) is 4.79 Å². The molecule has 38 heavy (non-hydrogen) atoms. The Kier molecular flexibility index (Phi) is 8.00. The summed E-state index contributed by atoms with van der Waals surface area (Å²) in [6, 6.07) is 19.1. The SMILES string of the molecule is Cc1ccc(S(=O)(=O)NC(=O)N(C(=O)C2CC(OCc3ccccc3)C2)S(=O)(=O)c2ccc(C)cc2)cc1. The Bertz CT molecular complexity index is 1510. The predicted molar refractivity (Wildman–Crippen MR) is 140 cm³/mol. The second-order valence-corrected chi connectivity index (χ2v) is 12.7. The normalized spacial score (nSPS) is 17.3. The lowest BCUT2D eigenvalue weighted by Crippen LogP contribution is -2.53. The summed E-state index contributed by atoms with van der Waals surface area (Å²) in [4.78, 5) is 26.0. The van der Waals surface area contributed by atoms with Gasteiger partial charge >= 0.3 is 6.03 Å². The van der Waals surface area contributed by atoms with Crippen LogP contribution in [0.25, 0.3) is 0 Å². The van der Waals surface area contributed by atoms with Gasteiger partial charge in [-0.2, -0.15) is 4.31 Å². The number of ether oxygens (including phenoxy) is 1. The number of aryl methyl sites for hydroxylation is 2. The molecule has 1 aliphatic carbocycles. The lowest BCUT2D eigenvalue weighted by atomic mass is 9.81. The van der Waals surface area contributed by atoms with Gasteiger partial charge in [-0.15, -0.1) is 0 Å². The van der Waals surface area contributed by atoms with Crippen molar-refractivity contribution in [1.82, 2.24) is 9.03 Å². The van der Waals surface area contributed by atoms with Gasteiger partial charge in [0.1, 0.15) is 0 Å². The number of imide groups is 1. The van der Waals surface area contributed by atoms with E-state index in [0.29, 0.717) is 6.61 Å². The number of hydrogen-bond donors (Lipinski definition) is 1. The van der Waals surface area contributed by atoms with Gasteiger partial charge in [0.25, 0.3) is 20.0 Å². The van der Waals surface area contributed by atoms with E-state index in [0.717, 1.165) is 16.7 Å². The molecule has 0 saturated heterocycles. The van der Waals surface area contributed by atoms with E-state index in [2.05, 4.69) is 0 Å². The molecule has 200 valence electrons. The van der Waals surface area contributed by atoms with Gasteiger partial charge in [-0.1, -0.05) is 65.7 Å². The molecule has 0 unspecified atom stereocenters. The minimum absolute atomic E-state index is 0.0293. The number of nitrogens with one attached hydrogen (secondary N) is 1. The first-order valence-corrected chi connectivity index (χ1v) is 14.8. The Labute approximate surface area is 222 Å². The van der Waals surface area contributed by atoms with Gasteiger partial charge in [-0.25, -0.2) is 26.4 Å². The smallest absolute Gasteiger partial charge is 0.352 e. The molecule has 1 aliphatic rings. The van der Waals surface area contributed by atoms with Crippen LogP contribution in [-0.4, -0.2) is 39.2 Å². The molecule has 0 bridgehead atoms. The van der Waals surface area contributed by atoms with Crippen LogP contribution in [0.1, 0.15) is 29.5 Å². The summed E-state index contributed by atoms with van der Waals surface area (Å²) in [7, 11) is -9.16. The minimum Gasteiger partial charge on any atom is -0.373 e. The Morgan fingerprint density at radius 2 is 1.34 bits per heavy atom. The Hall–Kier alpha value is -3.54. The Balaban J connectivity index is 1.55. The van der Waals surface area contributed by atoms with Crippen LogP contribution in [0.3, 0.4) is 0 Å². The van der Waals surface area contributed by atoms with Crippen molar-refractivity contribution in [3.05, 3.63) is 95.6 Å². The summed E-state index contributed by atoms with van der Waals surface area (Å²) in [6.07, 6.45) is 0.0973. The molecule has 1 saturated carbocycles. The zero-order valence-electron chi connectivity index (χ0n) is 20.9. The highest BCUT2D eigenvalue weighted by Crippen LogP contribution is 2.34. The Morgan fingerprint density at radius 3 is 1.89 bits per heavy atom. The largest absolute Gasteiger partial charge is 0.373 e. The third-order valence-electron chi connectivity index (χ3n) is 6.27. The minimum atomic E-state index is -4.71. The molecule has 0 aromatic heterocycles. The van der Waals surface area contributed by atoms with Gasteiger partial charge in [-0.05, 0) is 56.5 Å². The topological polar surface area (TPSA) is 127 Å². The maximum absolute atomic E-state index is 13.4. The summed E-state index contributed by atoms with van der Waals surface area (Å²) in [5.41, 5.74) is 2.51. The van der Waals surface area contributed by atoms with E-state index in [1.54, 1.807) is 18.6 Å². The van der Waals surface area contributed by atoms with Crippen LogP contribution in [0.4, 0.5) is 4.79 Å². The summed E-state index contributed by atoms with van der Waals surface area (Å²) < 4.78 is 60.1. The number of rotatable bonds is 8. The number of carbonyl (C=O) groups excluding carboxylic acids is 2. The zero-order chi connectivity index (χ0) is 27.5. The van der Waals surface area contributed by atoms with E-state index < -0.39 is 37.9 Å². The average molecular weight is 557 g/mol. The maximum atomic E-state index is 13.4. The van der Waals surface area contributed by atoms with Crippen LogP contribution < -0.4 is 4.72 Å². The molecule has 0 spiro atoms. The average Bonchev–Trinajstić information content (AvgIpc) is 2.84. The summed E-state index contributed by atoms with van der Waals surface area (Å²) in [5.74, 6) is -1.84. The molecule has 3 amide bonds. The molecular weight excluding hydrogens is 528 g/mol. The zero-order valence-corrected chi connectivity index (χ0v) is 22.5. The number of benzene rings is 3. The maximum Gasteiger partial charge on any atom is 0.352 e. The van der Waals surface area contributed by atoms with Crippen molar-refractivity contribution < 1.29 is 31.2 Å². The molecule has 3 aromatic carbocycles. The van der Waals surface area contributed by atoms with Gasteiger partial charge in [0.2, 0.25) is 5.91 Å². The van der Waals surface area contributed by atoms with E-state index in [9.17, 15) is 26.4 Å². The lowest BCUT2D eigenvalue weighted by molar-refractivity contribution is -0.138. The highest BCUT2D eigenvalue weighted by Gasteiger charge is 2.45. The molecule has 9 nitrogen and oxygen atoms in total. The van der Waals surface area contributed by atoms with Crippen LogP contribution in [0.5, 0.6) is 0 Å². The standard InChI is InChI=1S/C27H28N2O7S2/c1-19-8-12-24(13-9-19)37(32,33)28-27(31)29(38(34,35)25-14-10-20(2)11-15-25)26(30)22-16-23(17-22)36-18-21-6-4-3-5-7-21/h3-15,22-23H,16-18H2,1-2H3,(H,28,31). The highest BCUT2D eigenvalue weighted by atomic mass is 32.2. The van der Waals surface area contributed by atoms with Gasteiger partial charge in [0, 0.05) is 5.92 Å². The Morgan fingerprint density at radius 1 is 0.816 bits per heavy atom. The van der Waals surface area contributed by atoms with Crippen molar-refractivity contribution in [1.29, 1.82) is 0 Å².